The maximum Gasteiger partial charge on any atom is 0.326 e. The molecule has 0 fully saturated rings. The fourth-order valence-electron chi connectivity index (χ4n) is 2.87. The molecule has 1 unspecified atom stereocenters. The van der Waals surface area contributed by atoms with Gasteiger partial charge in [-0.3, -0.25) is 19.3 Å². The summed E-state index contributed by atoms with van der Waals surface area (Å²) in [5.41, 5.74) is 0.707. The zero-order valence-corrected chi connectivity index (χ0v) is 17.0. The number of esters is 1. The molecule has 0 saturated carbocycles. The summed E-state index contributed by atoms with van der Waals surface area (Å²) in [5, 5.41) is 2.84. The number of fused-ring (bicyclic) bond motifs is 1. The van der Waals surface area contributed by atoms with Crippen LogP contribution in [0.25, 0.3) is 0 Å². The van der Waals surface area contributed by atoms with Crippen LogP contribution >= 0.6 is 11.8 Å². The van der Waals surface area contributed by atoms with Gasteiger partial charge in [-0.1, -0.05) is 38.8 Å². The standard InChI is InChI=1S/C20H28N2O4S/c1-14(2)7-6-8-15(3)21-18(23)12-26-20(25)11-22-16-9-4-5-10-17(16)27-13-19(22)24/h4-5,9-10,14-15H,6-8,11-13H2,1-3H3,(H,21,23). The topological polar surface area (TPSA) is 75.7 Å². The first-order valence-corrected chi connectivity index (χ1v) is 10.3. The summed E-state index contributed by atoms with van der Waals surface area (Å²) in [6, 6.07) is 7.48. The molecule has 1 aromatic rings. The van der Waals surface area contributed by atoms with Crippen LogP contribution in [0.3, 0.4) is 0 Å². The number of amides is 2. The maximum atomic E-state index is 12.1. The second kappa shape index (κ2) is 10.3. The van der Waals surface area contributed by atoms with Gasteiger partial charge in [0.2, 0.25) is 5.91 Å². The number of nitrogens with zero attached hydrogens (tertiary/aromatic N) is 1. The number of rotatable bonds is 9. The van der Waals surface area contributed by atoms with E-state index in [1.54, 1.807) is 6.07 Å². The predicted octanol–water partition coefficient (Wildman–Crippen LogP) is 3.00. The van der Waals surface area contributed by atoms with Crippen LogP contribution < -0.4 is 10.2 Å². The van der Waals surface area contributed by atoms with Crippen molar-refractivity contribution >= 4 is 35.2 Å². The van der Waals surface area contributed by atoms with Gasteiger partial charge in [-0.2, -0.15) is 0 Å². The lowest BCUT2D eigenvalue weighted by molar-refractivity contribution is -0.147. The van der Waals surface area contributed by atoms with Crippen molar-refractivity contribution in [1.82, 2.24) is 5.32 Å². The first-order valence-electron chi connectivity index (χ1n) is 9.34. The van der Waals surface area contributed by atoms with Gasteiger partial charge in [-0.15, -0.1) is 11.8 Å². The highest BCUT2D eigenvalue weighted by Gasteiger charge is 2.27. The molecule has 2 rings (SSSR count). The van der Waals surface area contributed by atoms with Crippen LogP contribution in [0.2, 0.25) is 0 Å². The van der Waals surface area contributed by atoms with Gasteiger partial charge in [0.15, 0.2) is 6.61 Å². The van der Waals surface area contributed by atoms with Crippen molar-refractivity contribution in [2.24, 2.45) is 5.92 Å². The highest BCUT2D eigenvalue weighted by Crippen LogP contribution is 2.34. The fraction of sp³-hybridized carbons (Fsp3) is 0.550. The van der Waals surface area contributed by atoms with Crippen molar-refractivity contribution in [3.05, 3.63) is 24.3 Å². The van der Waals surface area contributed by atoms with E-state index in [-0.39, 0.29) is 31.0 Å². The molecule has 2 amide bonds. The van der Waals surface area contributed by atoms with Crippen LogP contribution in [0.15, 0.2) is 29.2 Å². The molecule has 1 aliphatic rings. The Hall–Kier alpha value is -2.02. The van der Waals surface area contributed by atoms with E-state index in [9.17, 15) is 14.4 Å². The molecule has 27 heavy (non-hydrogen) atoms. The number of anilines is 1. The molecule has 0 aliphatic carbocycles. The summed E-state index contributed by atoms with van der Waals surface area (Å²) < 4.78 is 5.06. The van der Waals surface area contributed by atoms with Crippen molar-refractivity contribution in [1.29, 1.82) is 0 Å². The number of para-hydroxylation sites is 1. The summed E-state index contributed by atoms with van der Waals surface area (Å²) in [5.74, 6) is -0.110. The average Bonchev–Trinajstić information content (AvgIpc) is 2.62. The lowest BCUT2D eigenvalue weighted by Crippen LogP contribution is -2.41. The molecule has 1 aliphatic heterocycles. The Kier molecular flexibility index (Phi) is 8.16. The van der Waals surface area contributed by atoms with E-state index < -0.39 is 5.97 Å². The first kappa shape index (κ1) is 21.3. The van der Waals surface area contributed by atoms with Gasteiger partial charge in [0.1, 0.15) is 6.54 Å². The largest absolute Gasteiger partial charge is 0.454 e. The Bertz CT molecular complexity index is 678. The number of carbonyl (C=O) groups is 3. The molecule has 0 bridgehead atoms. The summed E-state index contributed by atoms with van der Waals surface area (Å²) in [6.07, 6.45) is 3.07. The molecule has 0 radical (unpaired) electrons. The Morgan fingerprint density at radius 1 is 1.22 bits per heavy atom. The van der Waals surface area contributed by atoms with E-state index in [2.05, 4.69) is 19.2 Å². The van der Waals surface area contributed by atoms with Crippen LogP contribution in [-0.4, -0.2) is 42.7 Å². The zero-order valence-electron chi connectivity index (χ0n) is 16.2. The number of thioether (sulfide) groups is 1. The van der Waals surface area contributed by atoms with Crippen molar-refractivity contribution in [3.8, 4) is 0 Å². The summed E-state index contributed by atoms with van der Waals surface area (Å²) >= 11 is 1.45. The van der Waals surface area contributed by atoms with Gasteiger partial charge in [-0.05, 0) is 31.4 Å². The molecule has 1 heterocycles. The summed E-state index contributed by atoms with van der Waals surface area (Å²) in [4.78, 5) is 38.6. The number of hydrogen-bond donors (Lipinski definition) is 1. The second-order valence-corrected chi connectivity index (χ2v) is 8.21. The van der Waals surface area contributed by atoms with Crippen molar-refractivity contribution in [3.63, 3.8) is 0 Å². The summed E-state index contributed by atoms with van der Waals surface area (Å²) in [7, 11) is 0. The molecular formula is C20H28N2O4S. The molecular weight excluding hydrogens is 364 g/mol. The SMILES string of the molecule is CC(C)CCCC(C)NC(=O)COC(=O)CN1C(=O)CSc2ccccc21. The van der Waals surface area contributed by atoms with Crippen molar-refractivity contribution in [2.45, 2.75) is 51.0 Å². The van der Waals surface area contributed by atoms with E-state index >= 15 is 0 Å². The third-order valence-corrected chi connectivity index (χ3v) is 5.33. The van der Waals surface area contributed by atoms with Crippen molar-refractivity contribution in [2.75, 3.05) is 23.8 Å². The van der Waals surface area contributed by atoms with Crippen LogP contribution in [0.4, 0.5) is 5.69 Å². The highest BCUT2D eigenvalue weighted by atomic mass is 32.2. The van der Waals surface area contributed by atoms with Gasteiger partial charge in [0.25, 0.3) is 5.91 Å². The van der Waals surface area contributed by atoms with E-state index in [1.165, 1.54) is 16.7 Å². The first-order chi connectivity index (χ1) is 12.9. The minimum atomic E-state index is -0.590. The third kappa shape index (κ3) is 6.90. The highest BCUT2D eigenvalue weighted by molar-refractivity contribution is 8.00. The molecule has 0 saturated heterocycles. The monoisotopic (exact) mass is 392 g/mol. The predicted molar refractivity (Wildman–Crippen MR) is 107 cm³/mol. The van der Waals surface area contributed by atoms with Gasteiger partial charge in [0.05, 0.1) is 11.4 Å². The number of nitrogens with one attached hydrogen (secondary N) is 1. The fourth-order valence-corrected chi connectivity index (χ4v) is 3.80. The third-order valence-electron chi connectivity index (χ3n) is 4.29. The molecule has 1 aromatic carbocycles. The van der Waals surface area contributed by atoms with E-state index in [0.29, 0.717) is 17.4 Å². The number of benzene rings is 1. The number of hydrogen-bond acceptors (Lipinski definition) is 5. The number of ether oxygens (including phenoxy) is 1. The summed E-state index contributed by atoms with van der Waals surface area (Å²) in [6.45, 7) is 5.78. The number of carbonyl (C=O) groups excluding carboxylic acids is 3. The molecule has 148 valence electrons. The van der Waals surface area contributed by atoms with Gasteiger partial charge in [-0.25, -0.2) is 0 Å². The van der Waals surface area contributed by atoms with Crippen LogP contribution in [0, 0.1) is 5.92 Å². The Morgan fingerprint density at radius 2 is 1.96 bits per heavy atom. The normalized spacial score (nSPS) is 14.7. The molecule has 0 spiro atoms. The van der Waals surface area contributed by atoms with E-state index in [4.69, 9.17) is 4.74 Å². The Balaban J connectivity index is 1.76. The van der Waals surface area contributed by atoms with E-state index in [1.807, 2.05) is 25.1 Å². The van der Waals surface area contributed by atoms with Crippen LogP contribution in [0.1, 0.15) is 40.0 Å². The lowest BCUT2D eigenvalue weighted by Gasteiger charge is -2.27. The van der Waals surface area contributed by atoms with Crippen molar-refractivity contribution < 1.29 is 19.1 Å². The molecule has 7 heteroatoms. The Morgan fingerprint density at radius 3 is 2.70 bits per heavy atom. The van der Waals surface area contributed by atoms with E-state index in [0.717, 1.165) is 24.2 Å². The zero-order chi connectivity index (χ0) is 19.8. The molecule has 1 N–H and O–H groups in total. The average molecular weight is 393 g/mol. The smallest absolute Gasteiger partial charge is 0.326 e. The quantitative estimate of drug-likeness (QED) is 0.654. The van der Waals surface area contributed by atoms with Crippen LogP contribution in [0.5, 0.6) is 0 Å². The van der Waals surface area contributed by atoms with Gasteiger partial charge in [0, 0.05) is 10.9 Å². The Labute approximate surface area is 165 Å². The van der Waals surface area contributed by atoms with Gasteiger partial charge >= 0.3 is 5.97 Å². The van der Waals surface area contributed by atoms with Crippen LogP contribution in [-0.2, 0) is 19.1 Å². The maximum absolute atomic E-state index is 12.1. The second-order valence-electron chi connectivity index (χ2n) is 7.19. The molecule has 0 aromatic heterocycles. The minimum Gasteiger partial charge on any atom is -0.454 e. The minimum absolute atomic E-state index is 0.0440. The lowest BCUT2D eigenvalue weighted by atomic mass is 10.0. The molecule has 1 atom stereocenters. The molecule has 6 nitrogen and oxygen atoms in total. The van der Waals surface area contributed by atoms with Gasteiger partial charge < -0.3 is 10.1 Å².